The van der Waals surface area contributed by atoms with Crippen molar-refractivity contribution in [2.75, 3.05) is 25.6 Å². The average Bonchev–Trinajstić information content (AvgIpc) is 2.27. The number of rotatable bonds is 5. The molecule has 0 aliphatic rings. The third kappa shape index (κ3) is 3.94. The first-order valence-corrected chi connectivity index (χ1v) is 4.54. The molecule has 15 heavy (non-hydrogen) atoms. The monoisotopic (exact) mass is 207 g/mol. The standard InChI is InChI=1S/C10H13N3O2/c1-15-7-9(14)6-12-10-4-2-3-8(5-11)13-10/h2-4,9,14H,6-7H2,1H3,(H,12,13). The van der Waals surface area contributed by atoms with Gasteiger partial charge in [0.25, 0.3) is 0 Å². The van der Waals surface area contributed by atoms with Crippen LogP contribution in [-0.2, 0) is 4.74 Å². The topological polar surface area (TPSA) is 78.2 Å². The van der Waals surface area contributed by atoms with Gasteiger partial charge in [0.2, 0.25) is 0 Å². The molecule has 2 N–H and O–H groups in total. The number of pyridine rings is 1. The first-order chi connectivity index (χ1) is 7.26. The van der Waals surface area contributed by atoms with Crippen LogP contribution in [-0.4, -0.2) is 36.5 Å². The zero-order chi connectivity index (χ0) is 11.1. The molecular formula is C10H13N3O2. The van der Waals surface area contributed by atoms with E-state index in [2.05, 4.69) is 10.3 Å². The summed E-state index contributed by atoms with van der Waals surface area (Å²) in [5.74, 6) is 0.573. The summed E-state index contributed by atoms with van der Waals surface area (Å²) in [5.41, 5.74) is 0.348. The van der Waals surface area contributed by atoms with Crippen molar-refractivity contribution in [1.29, 1.82) is 5.26 Å². The minimum atomic E-state index is -0.581. The number of hydrogen-bond donors (Lipinski definition) is 2. The van der Waals surface area contributed by atoms with Gasteiger partial charge in [-0.1, -0.05) is 6.07 Å². The molecule has 0 spiro atoms. The molecule has 5 nitrogen and oxygen atoms in total. The Morgan fingerprint density at radius 1 is 1.67 bits per heavy atom. The average molecular weight is 207 g/mol. The highest BCUT2D eigenvalue weighted by atomic mass is 16.5. The highest BCUT2D eigenvalue weighted by Crippen LogP contribution is 2.03. The quantitative estimate of drug-likeness (QED) is 0.729. The second kappa shape index (κ2) is 5.96. The number of anilines is 1. The Hall–Kier alpha value is -1.64. The van der Waals surface area contributed by atoms with Crippen LogP contribution in [0.1, 0.15) is 5.69 Å². The highest BCUT2D eigenvalue weighted by Gasteiger charge is 2.03. The molecule has 1 heterocycles. The van der Waals surface area contributed by atoms with Gasteiger partial charge < -0.3 is 15.2 Å². The van der Waals surface area contributed by atoms with Gasteiger partial charge in [-0.05, 0) is 12.1 Å². The van der Waals surface area contributed by atoms with Crippen molar-refractivity contribution in [2.24, 2.45) is 0 Å². The number of ether oxygens (including phenoxy) is 1. The molecule has 1 unspecified atom stereocenters. The number of aliphatic hydroxyl groups excluding tert-OH is 1. The number of nitrogens with zero attached hydrogens (tertiary/aromatic N) is 2. The first-order valence-electron chi connectivity index (χ1n) is 4.54. The zero-order valence-corrected chi connectivity index (χ0v) is 8.47. The van der Waals surface area contributed by atoms with Gasteiger partial charge in [-0.25, -0.2) is 4.98 Å². The molecule has 1 aromatic rings. The van der Waals surface area contributed by atoms with Gasteiger partial charge in [0.05, 0.1) is 12.7 Å². The molecule has 1 rings (SSSR count). The molecule has 5 heteroatoms. The SMILES string of the molecule is COCC(O)CNc1cccc(C#N)n1. The lowest BCUT2D eigenvalue weighted by Gasteiger charge is -2.10. The smallest absolute Gasteiger partial charge is 0.142 e. The number of nitriles is 1. The Morgan fingerprint density at radius 2 is 2.47 bits per heavy atom. The van der Waals surface area contributed by atoms with Gasteiger partial charge in [0.15, 0.2) is 0 Å². The van der Waals surface area contributed by atoms with Gasteiger partial charge in [-0.2, -0.15) is 5.26 Å². The van der Waals surface area contributed by atoms with E-state index in [4.69, 9.17) is 10.00 Å². The predicted molar refractivity (Wildman–Crippen MR) is 55.3 cm³/mol. The first kappa shape index (κ1) is 11.4. The lowest BCUT2D eigenvalue weighted by Crippen LogP contribution is -2.24. The molecule has 0 aromatic carbocycles. The van der Waals surface area contributed by atoms with Crippen LogP contribution in [0, 0.1) is 11.3 Å². The van der Waals surface area contributed by atoms with Crippen molar-refractivity contribution in [3.05, 3.63) is 23.9 Å². The summed E-state index contributed by atoms with van der Waals surface area (Å²) in [6.07, 6.45) is -0.581. The number of nitrogens with one attached hydrogen (secondary N) is 1. The molecule has 0 amide bonds. The van der Waals surface area contributed by atoms with Crippen LogP contribution in [0.15, 0.2) is 18.2 Å². The Morgan fingerprint density at radius 3 is 3.13 bits per heavy atom. The molecule has 0 saturated carbocycles. The summed E-state index contributed by atoms with van der Waals surface area (Å²) in [6, 6.07) is 7.03. The molecule has 0 bridgehead atoms. The molecule has 0 radical (unpaired) electrons. The zero-order valence-electron chi connectivity index (χ0n) is 8.47. The maximum absolute atomic E-state index is 9.36. The summed E-state index contributed by atoms with van der Waals surface area (Å²) >= 11 is 0. The molecule has 1 atom stereocenters. The third-order valence-electron chi connectivity index (χ3n) is 1.74. The Labute approximate surface area is 88.3 Å². The Bertz CT molecular complexity index is 349. The molecule has 80 valence electrons. The van der Waals surface area contributed by atoms with E-state index in [1.54, 1.807) is 18.2 Å². The fourth-order valence-electron chi connectivity index (χ4n) is 1.07. The lowest BCUT2D eigenvalue weighted by molar-refractivity contribution is 0.0727. The third-order valence-corrected chi connectivity index (χ3v) is 1.74. The maximum atomic E-state index is 9.36. The van der Waals surface area contributed by atoms with Gasteiger partial charge in [-0.15, -0.1) is 0 Å². The number of methoxy groups -OCH3 is 1. The van der Waals surface area contributed by atoms with Crippen LogP contribution in [0.3, 0.4) is 0 Å². The van der Waals surface area contributed by atoms with Crippen molar-refractivity contribution in [3.63, 3.8) is 0 Å². The van der Waals surface area contributed by atoms with Crippen LogP contribution < -0.4 is 5.32 Å². The van der Waals surface area contributed by atoms with E-state index in [-0.39, 0.29) is 6.61 Å². The maximum Gasteiger partial charge on any atom is 0.142 e. The van der Waals surface area contributed by atoms with Gasteiger partial charge in [-0.3, -0.25) is 0 Å². The minimum Gasteiger partial charge on any atom is -0.389 e. The lowest BCUT2D eigenvalue weighted by atomic mass is 10.3. The van der Waals surface area contributed by atoms with E-state index in [0.29, 0.717) is 18.1 Å². The van der Waals surface area contributed by atoms with Crippen LogP contribution in [0.4, 0.5) is 5.82 Å². The summed E-state index contributed by atoms with van der Waals surface area (Å²) in [6.45, 7) is 0.612. The minimum absolute atomic E-state index is 0.269. The van der Waals surface area contributed by atoms with E-state index in [9.17, 15) is 5.11 Å². The van der Waals surface area contributed by atoms with Crippen molar-refractivity contribution in [1.82, 2.24) is 4.98 Å². The fraction of sp³-hybridized carbons (Fsp3) is 0.400. The summed E-state index contributed by atoms with van der Waals surface area (Å²) in [5, 5.41) is 20.9. The van der Waals surface area contributed by atoms with Crippen molar-refractivity contribution < 1.29 is 9.84 Å². The number of aromatic nitrogens is 1. The van der Waals surface area contributed by atoms with Crippen molar-refractivity contribution >= 4 is 5.82 Å². The fourth-order valence-corrected chi connectivity index (χ4v) is 1.07. The number of aliphatic hydroxyl groups is 1. The summed E-state index contributed by atoms with van der Waals surface area (Å²) < 4.78 is 4.77. The van der Waals surface area contributed by atoms with E-state index in [0.717, 1.165) is 0 Å². The van der Waals surface area contributed by atoms with E-state index in [1.165, 1.54) is 7.11 Å². The summed E-state index contributed by atoms with van der Waals surface area (Å²) in [7, 11) is 1.53. The van der Waals surface area contributed by atoms with Crippen LogP contribution in [0.25, 0.3) is 0 Å². The molecule has 0 aliphatic carbocycles. The predicted octanol–water partition coefficient (Wildman–Crippen LogP) is 0.372. The van der Waals surface area contributed by atoms with Gasteiger partial charge in [0.1, 0.15) is 17.6 Å². The van der Waals surface area contributed by atoms with E-state index >= 15 is 0 Å². The molecule has 0 saturated heterocycles. The van der Waals surface area contributed by atoms with Gasteiger partial charge >= 0.3 is 0 Å². The molecule has 1 aromatic heterocycles. The molecule has 0 fully saturated rings. The van der Waals surface area contributed by atoms with E-state index < -0.39 is 6.10 Å². The number of hydrogen-bond acceptors (Lipinski definition) is 5. The van der Waals surface area contributed by atoms with Crippen LogP contribution in [0.2, 0.25) is 0 Å². The highest BCUT2D eigenvalue weighted by molar-refractivity contribution is 5.38. The normalized spacial score (nSPS) is 11.8. The second-order valence-electron chi connectivity index (χ2n) is 3.01. The Kier molecular flexibility index (Phi) is 4.54. The van der Waals surface area contributed by atoms with Crippen molar-refractivity contribution in [3.8, 4) is 6.07 Å². The van der Waals surface area contributed by atoms with Crippen LogP contribution in [0.5, 0.6) is 0 Å². The van der Waals surface area contributed by atoms with Crippen LogP contribution >= 0.6 is 0 Å². The van der Waals surface area contributed by atoms with E-state index in [1.807, 2.05) is 6.07 Å². The molecule has 0 aliphatic heterocycles. The molecular weight excluding hydrogens is 194 g/mol. The second-order valence-corrected chi connectivity index (χ2v) is 3.01. The summed E-state index contributed by atoms with van der Waals surface area (Å²) in [4.78, 5) is 4.00. The van der Waals surface area contributed by atoms with Gasteiger partial charge in [0, 0.05) is 13.7 Å². The largest absolute Gasteiger partial charge is 0.389 e. The van der Waals surface area contributed by atoms with Crippen molar-refractivity contribution in [2.45, 2.75) is 6.10 Å². The Balaban J connectivity index is 2.47.